The number of unbranched alkanes of at least 4 members (excludes halogenated alkanes) is 1. The molecule has 0 saturated carbocycles. The number of hydrogen-bond donors (Lipinski definition) is 3. The van der Waals surface area contributed by atoms with Gasteiger partial charge in [0.25, 0.3) is 5.91 Å². The number of carbonyl (C=O) groups is 3. The van der Waals surface area contributed by atoms with Gasteiger partial charge in [-0.05, 0) is 80.9 Å². The van der Waals surface area contributed by atoms with Crippen molar-refractivity contribution in [2.45, 2.75) is 45.4 Å². The molecule has 0 bridgehead atoms. The lowest BCUT2D eigenvalue weighted by Gasteiger charge is -2.19. The van der Waals surface area contributed by atoms with Crippen LogP contribution in [0, 0.1) is 0 Å². The van der Waals surface area contributed by atoms with Crippen LogP contribution in [0.25, 0.3) is 0 Å². The van der Waals surface area contributed by atoms with Crippen LogP contribution in [0.1, 0.15) is 56.0 Å². The number of benzene rings is 2. The summed E-state index contributed by atoms with van der Waals surface area (Å²) in [5.41, 5.74) is 2.69. The van der Waals surface area contributed by atoms with E-state index in [0.717, 1.165) is 24.9 Å². The van der Waals surface area contributed by atoms with Gasteiger partial charge in [0.15, 0.2) is 0 Å². The molecular formula is C25H35ClN4O3. The zero-order chi connectivity index (χ0) is 23.7. The summed E-state index contributed by atoms with van der Waals surface area (Å²) < 4.78 is 0. The minimum atomic E-state index is -0.618. The minimum absolute atomic E-state index is 0. The van der Waals surface area contributed by atoms with Crippen molar-refractivity contribution in [1.29, 1.82) is 0 Å². The zero-order valence-corrected chi connectivity index (χ0v) is 20.8. The normalized spacial score (nSPS) is 10.8. The summed E-state index contributed by atoms with van der Waals surface area (Å²) in [6.45, 7) is 7.25. The fourth-order valence-electron chi connectivity index (χ4n) is 3.03. The van der Waals surface area contributed by atoms with Crippen LogP contribution in [-0.4, -0.2) is 43.4 Å². The van der Waals surface area contributed by atoms with E-state index in [2.05, 4.69) is 41.6 Å². The van der Waals surface area contributed by atoms with Gasteiger partial charge in [-0.25, -0.2) is 4.79 Å². The average molecular weight is 475 g/mol. The van der Waals surface area contributed by atoms with Crippen molar-refractivity contribution < 1.29 is 14.4 Å². The third kappa shape index (κ3) is 10.1. The number of hydrogen-bond acceptors (Lipinski definition) is 4. The molecule has 0 aliphatic carbocycles. The standard InChI is InChI=1S/C25H34N4O3.ClH/c1-25(2,3)19-11-9-18(10-12-19)23(31)28-24(32)27-21-15-13-20(14-16-21)26-22(30)8-6-7-17-29(4)5;/h9-16H,6-8,17H2,1-5H3,(H,26,30)(H2,27,28,31,32);1H. The molecule has 3 N–H and O–H groups in total. The average Bonchev–Trinajstić information content (AvgIpc) is 2.72. The molecule has 0 aliphatic heterocycles. The first-order valence-electron chi connectivity index (χ1n) is 10.8. The molecule has 4 amide bonds. The largest absolute Gasteiger partial charge is 0.326 e. The number of nitrogens with one attached hydrogen (secondary N) is 3. The summed E-state index contributed by atoms with van der Waals surface area (Å²) in [6, 6.07) is 13.3. The van der Waals surface area contributed by atoms with Gasteiger partial charge in [0.1, 0.15) is 0 Å². The smallest absolute Gasteiger partial charge is 0.326 e. The molecular weight excluding hydrogens is 440 g/mol. The number of imide groups is 1. The molecule has 0 fully saturated rings. The Morgan fingerprint density at radius 1 is 0.818 bits per heavy atom. The van der Waals surface area contributed by atoms with Gasteiger partial charge >= 0.3 is 6.03 Å². The zero-order valence-electron chi connectivity index (χ0n) is 20.0. The van der Waals surface area contributed by atoms with Gasteiger partial charge in [-0.3, -0.25) is 14.9 Å². The van der Waals surface area contributed by atoms with Crippen LogP contribution in [-0.2, 0) is 10.2 Å². The Hall–Kier alpha value is -2.90. The Morgan fingerprint density at radius 3 is 1.88 bits per heavy atom. The summed E-state index contributed by atoms with van der Waals surface area (Å²) in [5, 5.41) is 7.79. The van der Waals surface area contributed by atoms with Crippen molar-refractivity contribution in [2.24, 2.45) is 0 Å². The van der Waals surface area contributed by atoms with Gasteiger partial charge in [0, 0.05) is 23.4 Å². The molecule has 2 aromatic carbocycles. The van der Waals surface area contributed by atoms with E-state index in [4.69, 9.17) is 0 Å². The molecule has 7 nitrogen and oxygen atoms in total. The van der Waals surface area contributed by atoms with E-state index in [1.807, 2.05) is 26.2 Å². The molecule has 0 saturated heterocycles. The molecule has 0 unspecified atom stereocenters. The van der Waals surface area contributed by atoms with Crippen LogP contribution in [0.2, 0.25) is 0 Å². The molecule has 0 aliphatic rings. The molecule has 2 aromatic rings. The maximum absolute atomic E-state index is 12.3. The molecule has 8 heteroatoms. The second-order valence-corrected chi connectivity index (χ2v) is 9.12. The van der Waals surface area contributed by atoms with E-state index in [0.29, 0.717) is 23.4 Å². The van der Waals surface area contributed by atoms with Gasteiger partial charge in [-0.1, -0.05) is 32.9 Å². The Labute approximate surface area is 202 Å². The second kappa shape index (κ2) is 13.0. The van der Waals surface area contributed by atoms with Gasteiger partial charge in [0.2, 0.25) is 5.91 Å². The van der Waals surface area contributed by atoms with Crippen molar-refractivity contribution >= 4 is 41.6 Å². The number of rotatable bonds is 8. The van der Waals surface area contributed by atoms with E-state index >= 15 is 0 Å². The summed E-state index contributed by atoms with van der Waals surface area (Å²) in [6.07, 6.45) is 2.27. The van der Waals surface area contributed by atoms with Crippen LogP contribution in [0.5, 0.6) is 0 Å². The fraction of sp³-hybridized carbons (Fsp3) is 0.400. The Balaban J connectivity index is 0.00000544. The van der Waals surface area contributed by atoms with Gasteiger partial charge in [-0.15, -0.1) is 12.4 Å². The Morgan fingerprint density at radius 2 is 1.36 bits per heavy atom. The van der Waals surface area contributed by atoms with Gasteiger partial charge < -0.3 is 15.5 Å². The summed E-state index contributed by atoms with van der Waals surface area (Å²) in [5.74, 6) is -0.508. The highest BCUT2D eigenvalue weighted by Gasteiger charge is 2.15. The predicted molar refractivity (Wildman–Crippen MR) is 136 cm³/mol. The van der Waals surface area contributed by atoms with Crippen LogP contribution in [0.3, 0.4) is 0 Å². The molecule has 0 aromatic heterocycles. The quantitative estimate of drug-likeness (QED) is 0.467. The number of halogens is 1. The first-order valence-corrected chi connectivity index (χ1v) is 10.8. The molecule has 2 rings (SSSR count). The van der Waals surface area contributed by atoms with Gasteiger partial charge in [-0.2, -0.15) is 0 Å². The number of carbonyl (C=O) groups excluding carboxylic acids is 3. The Kier molecular flexibility index (Phi) is 11.1. The van der Waals surface area contributed by atoms with E-state index in [1.54, 1.807) is 36.4 Å². The molecule has 0 radical (unpaired) electrons. The van der Waals surface area contributed by atoms with Gasteiger partial charge in [0.05, 0.1) is 0 Å². The van der Waals surface area contributed by atoms with Crippen molar-refractivity contribution in [3.8, 4) is 0 Å². The molecule has 0 heterocycles. The lowest BCUT2D eigenvalue weighted by atomic mass is 9.87. The maximum Gasteiger partial charge on any atom is 0.326 e. The lowest BCUT2D eigenvalue weighted by Crippen LogP contribution is -2.34. The lowest BCUT2D eigenvalue weighted by molar-refractivity contribution is -0.116. The first-order chi connectivity index (χ1) is 15.0. The first kappa shape index (κ1) is 28.1. The SMILES string of the molecule is CN(C)CCCCC(=O)Nc1ccc(NC(=O)NC(=O)c2ccc(C(C)(C)C)cc2)cc1.Cl. The van der Waals surface area contributed by atoms with Crippen molar-refractivity contribution in [3.63, 3.8) is 0 Å². The predicted octanol–water partition coefficient (Wildman–Crippen LogP) is 5.04. The monoisotopic (exact) mass is 474 g/mol. The van der Waals surface area contributed by atoms with Crippen LogP contribution >= 0.6 is 12.4 Å². The number of nitrogens with zero attached hydrogens (tertiary/aromatic N) is 1. The van der Waals surface area contributed by atoms with Crippen molar-refractivity contribution in [1.82, 2.24) is 10.2 Å². The molecule has 33 heavy (non-hydrogen) atoms. The third-order valence-corrected chi connectivity index (χ3v) is 4.93. The number of urea groups is 1. The van der Waals surface area contributed by atoms with Crippen LogP contribution in [0.15, 0.2) is 48.5 Å². The summed E-state index contributed by atoms with van der Waals surface area (Å²) in [7, 11) is 4.02. The number of amides is 4. The fourth-order valence-corrected chi connectivity index (χ4v) is 3.03. The summed E-state index contributed by atoms with van der Waals surface area (Å²) >= 11 is 0. The maximum atomic E-state index is 12.3. The highest BCUT2D eigenvalue weighted by molar-refractivity contribution is 6.08. The molecule has 0 atom stereocenters. The van der Waals surface area contributed by atoms with Crippen LogP contribution in [0.4, 0.5) is 16.2 Å². The van der Waals surface area contributed by atoms with E-state index < -0.39 is 11.9 Å². The molecule has 180 valence electrons. The number of anilines is 2. The van der Waals surface area contributed by atoms with Crippen LogP contribution < -0.4 is 16.0 Å². The molecule has 0 spiro atoms. The Bertz CT molecular complexity index is 920. The highest BCUT2D eigenvalue weighted by atomic mass is 35.5. The van der Waals surface area contributed by atoms with Crippen molar-refractivity contribution in [3.05, 3.63) is 59.7 Å². The van der Waals surface area contributed by atoms with Crippen molar-refractivity contribution in [2.75, 3.05) is 31.3 Å². The third-order valence-electron chi connectivity index (χ3n) is 4.93. The second-order valence-electron chi connectivity index (χ2n) is 9.12. The van der Waals surface area contributed by atoms with E-state index in [1.165, 1.54) is 0 Å². The van der Waals surface area contributed by atoms with E-state index in [-0.39, 0.29) is 23.7 Å². The summed E-state index contributed by atoms with van der Waals surface area (Å²) in [4.78, 5) is 38.6. The highest BCUT2D eigenvalue weighted by Crippen LogP contribution is 2.22. The van der Waals surface area contributed by atoms with E-state index in [9.17, 15) is 14.4 Å². The minimum Gasteiger partial charge on any atom is -0.326 e. The topological polar surface area (TPSA) is 90.5 Å².